The van der Waals surface area contributed by atoms with Gasteiger partial charge in [-0.05, 0) is 52.9 Å². The van der Waals surface area contributed by atoms with Gasteiger partial charge in [0.2, 0.25) is 0 Å². The van der Waals surface area contributed by atoms with Crippen molar-refractivity contribution in [3.8, 4) is 0 Å². The highest BCUT2D eigenvalue weighted by Crippen LogP contribution is 2.20. The smallest absolute Gasteiger partial charge is 0.188 e. The SMILES string of the molecule is CC(C)(C)NC(N)=NCCCCCOC1CCCCC1.I. The summed E-state index contributed by atoms with van der Waals surface area (Å²) < 4.78 is 5.90. The van der Waals surface area contributed by atoms with Crippen molar-refractivity contribution in [2.45, 2.75) is 83.8 Å². The first-order valence-electron chi connectivity index (χ1n) is 8.17. The second-order valence-electron chi connectivity index (χ2n) is 6.83. The molecule has 0 spiro atoms. The highest BCUT2D eigenvalue weighted by atomic mass is 127. The molecule has 0 aromatic rings. The summed E-state index contributed by atoms with van der Waals surface area (Å²) in [7, 11) is 0. The molecule has 0 aromatic heterocycles. The molecule has 0 radical (unpaired) electrons. The van der Waals surface area contributed by atoms with Crippen molar-refractivity contribution in [1.29, 1.82) is 0 Å². The van der Waals surface area contributed by atoms with E-state index >= 15 is 0 Å². The van der Waals surface area contributed by atoms with Gasteiger partial charge in [-0.2, -0.15) is 0 Å². The second kappa shape index (κ2) is 11.5. The molecule has 1 fully saturated rings. The molecule has 0 amide bonds. The van der Waals surface area contributed by atoms with Crippen LogP contribution in [0.5, 0.6) is 0 Å². The predicted octanol–water partition coefficient (Wildman–Crippen LogP) is 3.83. The average Bonchev–Trinajstić information content (AvgIpc) is 2.37. The van der Waals surface area contributed by atoms with Crippen LogP contribution >= 0.6 is 24.0 Å². The number of nitrogens with two attached hydrogens (primary N) is 1. The van der Waals surface area contributed by atoms with Crippen LogP contribution in [0, 0.1) is 0 Å². The molecule has 1 aliphatic rings. The molecule has 0 atom stereocenters. The minimum absolute atomic E-state index is 0. The monoisotopic (exact) mass is 411 g/mol. The Labute approximate surface area is 147 Å². The van der Waals surface area contributed by atoms with Gasteiger partial charge in [0.1, 0.15) is 0 Å². The fourth-order valence-corrected chi connectivity index (χ4v) is 2.50. The Kier molecular flexibility index (Phi) is 11.5. The lowest BCUT2D eigenvalue weighted by atomic mass is 9.98. The highest BCUT2D eigenvalue weighted by molar-refractivity contribution is 14.0. The molecular formula is C16H34IN3O. The van der Waals surface area contributed by atoms with Gasteiger partial charge in [-0.25, -0.2) is 0 Å². The first-order valence-corrected chi connectivity index (χ1v) is 8.17. The first kappa shape index (κ1) is 21.0. The maximum absolute atomic E-state index is 5.90. The molecule has 4 nitrogen and oxygen atoms in total. The predicted molar refractivity (Wildman–Crippen MR) is 101 cm³/mol. The molecule has 1 saturated carbocycles. The molecule has 126 valence electrons. The van der Waals surface area contributed by atoms with Crippen molar-refractivity contribution in [1.82, 2.24) is 5.32 Å². The number of hydrogen-bond acceptors (Lipinski definition) is 2. The Morgan fingerprint density at radius 1 is 1.14 bits per heavy atom. The molecule has 3 N–H and O–H groups in total. The first-order chi connectivity index (χ1) is 9.47. The van der Waals surface area contributed by atoms with Gasteiger partial charge < -0.3 is 15.8 Å². The summed E-state index contributed by atoms with van der Waals surface area (Å²) in [5.74, 6) is 0.552. The average molecular weight is 411 g/mol. The van der Waals surface area contributed by atoms with E-state index in [2.05, 4.69) is 31.1 Å². The van der Waals surface area contributed by atoms with Crippen LogP contribution in [-0.2, 0) is 4.74 Å². The zero-order chi connectivity index (χ0) is 14.8. The minimum Gasteiger partial charge on any atom is -0.378 e. The lowest BCUT2D eigenvalue weighted by Gasteiger charge is -2.22. The molecule has 0 aliphatic heterocycles. The summed E-state index contributed by atoms with van der Waals surface area (Å²) in [4.78, 5) is 4.34. The van der Waals surface area contributed by atoms with Crippen LogP contribution in [0.4, 0.5) is 0 Å². The van der Waals surface area contributed by atoms with Crippen LogP contribution in [0.2, 0.25) is 0 Å². The number of hydrogen-bond donors (Lipinski definition) is 2. The third kappa shape index (κ3) is 12.2. The van der Waals surface area contributed by atoms with Crippen molar-refractivity contribution in [3.05, 3.63) is 0 Å². The quantitative estimate of drug-likeness (QED) is 0.290. The maximum atomic E-state index is 5.90. The summed E-state index contributed by atoms with van der Waals surface area (Å²) in [6.45, 7) is 7.95. The molecule has 0 aromatic carbocycles. The number of unbranched alkanes of at least 4 members (excludes halogenated alkanes) is 2. The molecule has 0 bridgehead atoms. The maximum Gasteiger partial charge on any atom is 0.188 e. The van der Waals surface area contributed by atoms with E-state index in [1.807, 2.05) is 0 Å². The number of halogens is 1. The summed E-state index contributed by atoms with van der Waals surface area (Å²) in [5, 5.41) is 3.17. The Balaban J connectivity index is 0.00000400. The van der Waals surface area contributed by atoms with Gasteiger partial charge in [0.15, 0.2) is 5.96 Å². The van der Waals surface area contributed by atoms with E-state index in [9.17, 15) is 0 Å². The van der Waals surface area contributed by atoms with Crippen molar-refractivity contribution in [2.24, 2.45) is 10.7 Å². The van der Waals surface area contributed by atoms with Crippen LogP contribution in [0.25, 0.3) is 0 Å². The van der Waals surface area contributed by atoms with E-state index < -0.39 is 0 Å². The molecule has 0 heterocycles. The molecule has 1 rings (SSSR count). The highest BCUT2D eigenvalue weighted by Gasteiger charge is 2.13. The second-order valence-corrected chi connectivity index (χ2v) is 6.83. The summed E-state index contributed by atoms with van der Waals surface area (Å²) in [6.07, 6.45) is 10.5. The number of aliphatic imine (C=N–C) groups is 1. The zero-order valence-corrected chi connectivity index (χ0v) is 16.3. The Bertz CT molecular complexity index is 284. The third-order valence-electron chi connectivity index (χ3n) is 3.49. The van der Waals surface area contributed by atoms with Gasteiger partial charge in [0, 0.05) is 18.7 Å². The lowest BCUT2D eigenvalue weighted by Crippen LogP contribution is -2.45. The zero-order valence-electron chi connectivity index (χ0n) is 14.0. The molecular weight excluding hydrogens is 377 g/mol. The van der Waals surface area contributed by atoms with Gasteiger partial charge in [-0.3, -0.25) is 4.99 Å². The fourth-order valence-electron chi connectivity index (χ4n) is 2.50. The minimum atomic E-state index is -0.0125. The Morgan fingerprint density at radius 3 is 2.43 bits per heavy atom. The van der Waals surface area contributed by atoms with Gasteiger partial charge >= 0.3 is 0 Å². The Morgan fingerprint density at radius 2 is 1.81 bits per heavy atom. The van der Waals surface area contributed by atoms with Crippen molar-refractivity contribution >= 4 is 29.9 Å². The van der Waals surface area contributed by atoms with Gasteiger partial charge in [0.25, 0.3) is 0 Å². The van der Waals surface area contributed by atoms with E-state index in [0.29, 0.717) is 12.1 Å². The van der Waals surface area contributed by atoms with Crippen molar-refractivity contribution < 1.29 is 4.74 Å². The van der Waals surface area contributed by atoms with Gasteiger partial charge in [-0.15, -0.1) is 24.0 Å². The number of guanidine groups is 1. The summed E-state index contributed by atoms with van der Waals surface area (Å²) in [5.41, 5.74) is 5.80. The standard InChI is InChI=1S/C16H33N3O.HI/c1-16(2,3)19-15(17)18-12-8-5-9-13-20-14-10-6-4-7-11-14;/h14H,4-13H2,1-3H3,(H3,17,18,19);1H. The van der Waals surface area contributed by atoms with Crippen LogP contribution < -0.4 is 11.1 Å². The van der Waals surface area contributed by atoms with Crippen molar-refractivity contribution in [3.63, 3.8) is 0 Å². The fraction of sp³-hybridized carbons (Fsp3) is 0.938. The summed E-state index contributed by atoms with van der Waals surface area (Å²) in [6, 6.07) is 0. The molecule has 0 saturated heterocycles. The van der Waals surface area contributed by atoms with E-state index in [1.54, 1.807) is 0 Å². The largest absolute Gasteiger partial charge is 0.378 e. The van der Waals surface area contributed by atoms with Crippen LogP contribution in [0.1, 0.15) is 72.1 Å². The van der Waals surface area contributed by atoms with Gasteiger partial charge in [0.05, 0.1) is 6.10 Å². The van der Waals surface area contributed by atoms with E-state index in [0.717, 1.165) is 26.0 Å². The molecule has 1 aliphatic carbocycles. The number of nitrogens with one attached hydrogen (secondary N) is 1. The lowest BCUT2D eigenvalue weighted by molar-refractivity contribution is 0.0264. The number of ether oxygens (including phenoxy) is 1. The number of rotatable bonds is 7. The van der Waals surface area contributed by atoms with E-state index in [1.165, 1.54) is 38.5 Å². The van der Waals surface area contributed by atoms with Crippen LogP contribution in [0.3, 0.4) is 0 Å². The van der Waals surface area contributed by atoms with Crippen LogP contribution in [-0.4, -0.2) is 30.8 Å². The summed E-state index contributed by atoms with van der Waals surface area (Å²) >= 11 is 0. The number of nitrogens with zero attached hydrogens (tertiary/aromatic N) is 1. The molecule has 0 unspecified atom stereocenters. The van der Waals surface area contributed by atoms with E-state index in [-0.39, 0.29) is 29.5 Å². The molecule has 5 heteroatoms. The van der Waals surface area contributed by atoms with Crippen LogP contribution in [0.15, 0.2) is 4.99 Å². The topological polar surface area (TPSA) is 59.6 Å². The van der Waals surface area contributed by atoms with Crippen molar-refractivity contribution in [2.75, 3.05) is 13.2 Å². The van der Waals surface area contributed by atoms with E-state index in [4.69, 9.17) is 10.5 Å². The van der Waals surface area contributed by atoms with Gasteiger partial charge in [-0.1, -0.05) is 19.3 Å². The third-order valence-corrected chi connectivity index (χ3v) is 3.49. The Hall–Kier alpha value is -0.0400. The molecule has 21 heavy (non-hydrogen) atoms. The normalized spacial score (nSPS) is 17.4.